The van der Waals surface area contributed by atoms with E-state index in [1.807, 2.05) is 31.2 Å². The lowest BCUT2D eigenvalue weighted by Crippen LogP contribution is -2.37. The predicted octanol–water partition coefficient (Wildman–Crippen LogP) is 3.26. The monoisotopic (exact) mass is 351 g/mol. The van der Waals surface area contributed by atoms with E-state index in [1.54, 1.807) is 0 Å². The number of benzene rings is 1. The Labute approximate surface area is 144 Å². The number of halogens is 1. The molecule has 128 valence electrons. The van der Waals surface area contributed by atoms with E-state index >= 15 is 0 Å². The van der Waals surface area contributed by atoms with Crippen molar-refractivity contribution in [3.63, 3.8) is 0 Å². The average Bonchev–Trinajstić information content (AvgIpc) is 2.96. The van der Waals surface area contributed by atoms with Crippen LogP contribution in [0.15, 0.2) is 28.8 Å². The fourth-order valence-electron chi connectivity index (χ4n) is 2.70. The summed E-state index contributed by atoms with van der Waals surface area (Å²) < 4.78 is 16.5. The largest absolute Gasteiger partial charge is 0.488 e. The SMILES string of the molecule is Cc1noc(-c2ccc(OC3COCC(C(=O)O)C3)cc2)c1CCl. The van der Waals surface area contributed by atoms with Crippen LogP contribution >= 0.6 is 11.6 Å². The zero-order valence-electron chi connectivity index (χ0n) is 13.2. The molecule has 1 aromatic carbocycles. The number of hydrogen-bond donors (Lipinski definition) is 1. The van der Waals surface area contributed by atoms with Crippen LogP contribution in [0.4, 0.5) is 0 Å². The van der Waals surface area contributed by atoms with Crippen LogP contribution in [0.1, 0.15) is 17.7 Å². The summed E-state index contributed by atoms with van der Waals surface area (Å²) in [6.07, 6.45) is 0.172. The maximum Gasteiger partial charge on any atom is 0.308 e. The molecule has 0 amide bonds. The summed E-state index contributed by atoms with van der Waals surface area (Å²) in [4.78, 5) is 11.1. The summed E-state index contributed by atoms with van der Waals surface area (Å²) in [6.45, 7) is 2.48. The highest BCUT2D eigenvalue weighted by Crippen LogP contribution is 2.29. The molecule has 0 radical (unpaired) electrons. The molecule has 1 saturated heterocycles. The molecule has 1 N–H and O–H groups in total. The van der Waals surface area contributed by atoms with Crippen molar-refractivity contribution in [2.24, 2.45) is 5.92 Å². The Bertz CT molecular complexity index is 712. The van der Waals surface area contributed by atoms with Crippen molar-refractivity contribution in [3.8, 4) is 17.1 Å². The first kappa shape index (κ1) is 16.8. The van der Waals surface area contributed by atoms with Gasteiger partial charge in [-0.2, -0.15) is 0 Å². The Hall–Kier alpha value is -2.05. The number of ether oxygens (including phenoxy) is 2. The van der Waals surface area contributed by atoms with Crippen LogP contribution in [-0.4, -0.2) is 35.6 Å². The third kappa shape index (κ3) is 3.55. The minimum atomic E-state index is -0.854. The van der Waals surface area contributed by atoms with Gasteiger partial charge in [0.25, 0.3) is 0 Å². The number of aromatic nitrogens is 1. The number of carboxylic acids is 1. The molecule has 2 heterocycles. The second-order valence-electron chi connectivity index (χ2n) is 5.78. The maximum atomic E-state index is 11.1. The van der Waals surface area contributed by atoms with E-state index in [0.29, 0.717) is 30.4 Å². The number of aliphatic carboxylic acids is 1. The van der Waals surface area contributed by atoms with Gasteiger partial charge in [0, 0.05) is 17.5 Å². The highest BCUT2D eigenvalue weighted by atomic mass is 35.5. The van der Waals surface area contributed by atoms with E-state index in [4.69, 9.17) is 30.7 Å². The van der Waals surface area contributed by atoms with Gasteiger partial charge in [0.05, 0.1) is 30.7 Å². The summed E-state index contributed by atoms with van der Waals surface area (Å²) in [7, 11) is 0. The van der Waals surface area contributed by atoms with E-state index in [9.17, 15) is 4.79 Å². The van der Waals surface area contributed by atoms with Crippen molar-refractivity contribution in [1.29, 1.82) is 0 Å². The Balaban J connectivity index is 1.69. The first-order valence-electron chi connectivity index (χ1n) is 7.67. The molecule has 1 fully saturated rings. The van der Waals surface area contributed by atoms with Crippen molar-refractivity contribution in [3.05, 3.63) is 35.5 Å². The Kier molecular flexibility index (Phi) is 5.06. The van der Waals surface area contributed by atoms with Gasteiger partial charge >= 0.3 is 5.97 Å². The van der Waals surface area contributed by atoms with Crippen LogP contribution < -0.4 is 4.74 Å². The molecule has 0 bridgehead atoms. The Morgan fingerprint density at radius 1 is 1.38 bits per heavy atom. The summed E-state index contributed by atoms with van der Waals surface area (Å²) in [5.74, 6) is 0.265. The molecule has 0 spiro atoms. The topological polar surface area (TPSA) is 81.8 Å². The van der Waals surface area contributed by atoms with E-state index in [0.717, 1.165) is 16.8 Å². The lowest BCUT2D eigenvalue weighted by molar-refractivity contribution is -0.149. The van der Waals surface area contributed by atoms with Gasteiger partial charge in [0.15, 0.2) is 5.76 Å². The normalized spacial score (nSPS) is 20.8. The second-order valence-corrected chi connectivity index (χ2v) is 6.05. The molecular weight excluding hydrogens is 334 g/mol. The molecule has 1 aliphatic heterocycles. The number of alkyl halides is 1. The van der Waals surface area contributed by atoms with E-state index < -0.39 is 11.9 Å². The standard InChI is InChI=1S/C17H18ClNO5/c1-10-15(7-18)16(24-19-10)11-2-4-13(5-3-11)23-14-6-12(17(20)21)8-22-9-14/h2-5,12,14H,6-9H2,1H3,(H,20,21). The minimum absolute atomic E-state index is 0.236. The highest BCUT2D eigenvalue weighted by Gasteiger charge is 2.29. The summed E-state index contributed by atoms with van der Waals surface area (Å²) in [6, 6.07) is 7.36. The van der Waals surface area contributed by atoms with Crippen LogP contribution in [0.5, 0.6) is 5.75 Å². The molecule has 2 atom stereocenters. The smallest absolute Gasteiger partial charge is 0.308 e. The molecule has 1 aromatic heterocycles. The van der Waals surface area contributed by atoms with Crippen molar-refractivity contribution in [1.82, 2.24) is 5.16 Å². The third-order valence-electron chi connectivity index (χ3n) is 4.06. The first-order chi connectivity index (χ1) is 11.6. The first-order valence-corrected chi connectivity index (χ1v) is 8.20. The average molecular weight is 352 g/mol. The lowest BCUT2D eigenvalue weighted by Gasteiger charge is -2.27. The zero-order valence-corrected chi connectivity index (χ0v) is 14.0. The Morgan fingerprint density at radius 2 is 2.12 bits per heavy atom. The van der Waals surface area contributed by atoms with Gasteiger partial charge in [-0.05, 0) is 31.2 Å². The van der Waals surface area contributed by atoms with Gasteiger partial charge in [-0.25, -0.2) is 0 Å². The van der Waals surface area contributed by atoms with E-state index in [2.05, 4.69) is 5.16 Å². The van der Waals surface area contributed by atoms with Crippen molar-refractivity contribution < 1.29 is 23.9 Å². The number of carboxylic acid groups (broad SMARTS) is 1. The molecule has 0 aliphatic carbocycles. The fraction of sp³-hybridized carbons (Fsp3) is 0.412. The van der Waals surface area contributed by atoms with Crippen LogP contribution in [0, 0.1) is 12.8 Å². The molecule has 6 nitrogen and oxygen atoms in total. The molecule has 0 saturated carbocycles. The molecule has 2 aromatic rings. The van der Waals surface area contributed by atoms with Crippen LogP contribution in [-0.2, 0) is 15.4 Å². The summed E-state index contributed by atoms with van der Waals surface area (Å²) >= 11 is 5.94. The van der Waals surface area contributed by atoms with E-state index in [1.165, 1.54) is 0 Å². The summed E-state index contributed by atoms with van der Waals surface area (Å²) in [5.41, 5.74) is 2.51. The maximum absolute atomic E-state index is 11.1. The van der Waals surface area contributed by atoms with Crippen molar-refractivity contribution in [2.45, 2.75) is 25.3 Å². The minimum Gasteiger partial charge on any atom is -0.488 e. The molecule has 24 heavy (non-hydrogen) atoms. The third-order valence-corrected chi connectivity index (χ3v) is 4.32. The van der Waals surface area contributed by atoms with Gasteiger partial charge in [0.1, 0.15) is 11.9 Å². The van der Waals surface area contributed by atoms with E-state index in [-0.39, 0.29) is 12.7 Å². The number of nitrogens with zero attached hydrogens (tertiary/aromatic N) is 1. The lowest BCUT2D eigenvalue weighted by atomic mass is 10.0. The molecule has 1 aliphatic rings. The predicted molar refractivity (Wildman–Crippen MR) is 87.2 cm³/mol. The van der Waals surface area contributed by atoms with Crippen molar-refractivity contribution in [2.75, 3.05) is 13.2 Å². The Morgan fingerprint density at radius 3 is 2.79 bits per heavy atom. The van der Waals surface area contributed by atoms with Gasteiger partial charge in [0.2, 0.25) is 0 Å². The zero-order chi connectivity index (χ0) is 17.1. The number of rotatable bonds is 5. The second kappa shape index (κ2) is 7.23. The quantitative estimate of drug-likeness (QED) is 0.833. The van der Waals surface area contributed by atoms with Gasteiger partial charge in [-0.15, -0.1) is 11.6 Å². The number of carbonyl (C=O) groups is 1. The summed E-state index contributed by atoms with van der Waals surface area (Å²) in [5, 5.41) is 13.0. The molecule has 2 unspecified atom stereocenters. The molecular formula is C17H18ClNO5. The van der Waals surface area contributed by atoms with Gasteiger partial charge < -0.3 is 19.1 Å². The van der Waals surface area contributed by atoms with Crippen molar-refractivity contribution >= 4 is 17.6 Å². The van der Waals surface area contributed by atoms with Crippen LogP contribution in [0.25, 0.3) is 11.3 Å². The van der Waals surface area contributed by atoms with Gasteiger partial charge in [-0.1, -0.05) is 5.16 Å². The van der Waals surface area contributed by atoms with Crippen LogP contribution in [0.3, 0.4) is 0 Å². The number of hydrogen-bond acceptors (Lipinski definition) is 5. The molecule has 7 heteroatoms. The fourth-order valence-corrected chi connectivity index (χ4v) is 3.01. The van der Waals surface area contributed by atoms with Gasteiger partial charge in [-0.3, -0.25) is 4.79 Å². The number of aryl methyl sites for hydroxylation is 1. The van der Waals surface area contributed by atoms with Crippen LogP contribution in [0.2, 0.25) is 0 Å². The highest BCUT2D eigenvalue weighted by molar-refractivity contribution is 6.17. The molecule has 3 rings (SSSR count).